The number of thioether (sulfide) groups is 1. The van der Waals surface area contributed by atoms with Crippen LogP contribution in [0.5, 0.6) is 0 Å². The van der Waals surface area contributed by atoms with Crippen molar-refractivity contribution in [3.63, 3.8) is 0 Å². The molecule has 2 aromatic rings. The van der Waals surface area contributed by atoms with Crippen molar-refractivity contribution in [3.05, 3.63) is 58.3 Å². The minimum Gasteiger partial charge on any atom is -0.358 e. The summed E-state index contributed by atoms with van der Waals surface area (Å²) in [5.74, 6) is 0.349. The van der Waals surface area contributed by atoms with Gasteiger partial charge in [-0.3, -0.25) is 4.79 Å². The Bertz CT molecular complexity index is 829. The summed E-state index contributed by atoms with van der Waals surface area (Å²) < 4.78 is 0.832. The van der Waals surface area contributed by atoms with Crippen LogP contribution in [0.4, 0.5) is 0 Å². The molecular formula is C20H21N3OS3. The van der Waals surface area contributed by atoms with E-state index in [1.807, 2.05) is 29.6 Å². The highest BCUT2D eigenvalue weighted by atomic mass is 32.2. The zero-order chi connectivity index (χ0) is 18.6. The first-order valence-electron chi connectivity index (χ1n) is 9.12. The van der Waals surface area contributed by atoms with Crippen LogP contribution in [-0.4, -0.2) is 44.7 Å². The second-order valence-electron chi connectivity index (χ2n) is 6.64. The Labute approximate surface area is 173 Å². The van der Waals surface area contributed by atoms with Crippen molar-refractivity contribution in [2.45, 2.75) is 25.3 Å². The van der Waals surface area contributed by atoms with Gasteiger partial charge in [0.1, 0.15) is 4.32 Å². The Hall–Kier alpha value is -1.70. The van der Waals surface area contributed by atoms with E-state index in [-0.39, 0.29) is 11.9 Å². The van der Waals surface area contributed by atoms with Crippen LogP contribution in [0.25, 0.3) is 0 Å². The van der Waals surface area contributed by atoms with Crippen molar-refractivity contribution in [3.8, 4) is 0 Å². The summed E-state index contributed by atoms with van der Waals surface area (Å²) in [5.41, 5.74) is 2.10. The minimum absolute atomic E-state index is 0.0157. The standard InChI is InChI=1S/C20H21N3OS3/c24-19(14-27-20(25)22-10-4-5-11-22)23-17(15-7-2-1-3-8-15)13-16(21-23)18-9-6-12-26-18/h1-3,6-9,12,17H,4-5,10-11,13-14H2/t17-/m1/s1. The topological polar surface area (TPSA) is 35.9 Å². The molecule has 0 N–H and O–H groups in total. The number of carbonyl (C=O) groups excluding carboxylic acids is 1. The third-order valence-electron chi connectivity index (χ3n) is 4.84. The molecular weight excluding hydrogens is 394 g/mol. The lowest BCUT2D eigenvalue weighted by Gasteiger charge is -2.23. The zero-order valence-corrected chi connectivity index (χ0v) is 17.4. The molecule has 1 saturated heterocycles. The fraction of sp³-hybridized carbons (Fsp3) is 0.350. The first-order chi connectivity index (χ1) is 13.2. The van der Waals surface area contributed by atoms with E-state index >= 15 is 0 Å². The van der Waals surface area contributed by atoms with Crippen molar-refractivity contribution in [2.75, 3.05) is 18.8 Å². The van der Waals surface area contributed by atoms with Crippen molar-refractivity contribution in [1.82, 2.24) is 9.91 Å². The third kappa shape index (κ3) is 4.25. The highest BCUT2D eigenvalue weighted by Gasteiger charge is 2.33. The van der Waals surface area contributed by atoms with Crippen molar-refractivity contribution >= 4 is 51.3 Å². The molecule has 1 fully saturated rings. The van der Waals surface area contributed by atoms with Gasteiger partial charge in [0.05, 0.1) is 22.4 Å². The van der Waals surface area contributed by atoms with Gasteiger partial charge < -0.3 is 4.90 Å². The summed E-state index contributed by atoms with van der Waals surface area (Å²) in [5, 5.41) is 8.42. The van der Waals surface area contributed by atoms with Crippen LogP contribution in [0, 0.1) is 0 Å². The van der Waals surface area contributed by atoms with Gasteiger partial charge in [0.25, 0.3) is 5.91 Å². The number of benzene rings is 1. The van der Waals surface area contributed by atoms with E-state index in [2.05, 4.69) is 23.1 Å². The van der Waals surface area contributed by atoms with E-state index in [0.717, 1.165) is 40.0 Å². The second kappa shape index (κ2) is 8.54. The van der Waals surface area contributed by atoms with Gasteiger partial charge in [-0.15, -0.1) is 11.3 Å². The minimum atomic E-state index is -0.0447. The molecule has 2 aliphatic heterocycles. The maximum Gasteiger partial charge on any atom is 0.253 e. The number of amides is 1. The summed E-state index contributed by atoms with van der Waals surface area (Å²) in [6.45, 7) is 2.02. The molecule has 7 heteroatoms. The van der Waals surface area contributed by atoms with Crippen LogP contribution in [0.2, 0.25) is 0 Å². The van der Waals surface area contributed by atoms with Crippen molar-refractivity contribution < 1.29 is 4.79 Å². The Morgan fingerprint density at radius 1 is 1.19 bits per heavy atom. The zero-order valence-electron chi connectivity index (χ0n) is 14.9. The van der Waals surface area contributed by atoms with E-state index in [4.69, 9.17) is 17.3 Å². The number of thiophene rings is 1. The van der Waals surface area contributed by atoms with Crippen LogP contribution < -0.4 is 0 Å². The highest BCUT2D eigenvalue weighted by Crippen LogP contribution is 2.34. The lowest BCUT2D eigenvalue weighted by atomic mass is 10.0. The number of likely N-dealkylation sites (tertiary alicyclic amines) is 1. The second-order valence-corrected chi connectivity index (χ2v) is 9.20. The van der Waals surface area contributed by atoms with Gasteiger partial charge in [0.2, 0.25) is 0 Å². The summed E-state index contributed by atoms with van der Waals surface area (Å²) in [7, 11) is 0. The van der Waals surface area contributed by atoms with Gasteiger partial charge in [-0.25, -0.2) is 5.01 Å². The normalized spacial score (nSPS) is 19.4. The Balaban J connectivity index is 1.49. The molecule has 1 aromatic heterocycles. The van der Waals surface area contributed by atoms with Gasteiger partial charge >= 0.3 is 0 Å². The average Bonchev–Trinajstić information content (AvgIpc) is 3.47. The first kappa shape index (κ1) is 18.7. The van der Waals surface area contributed by atoms with Gasteiger partial charge in [-0.05, 0) is 29.9 Å². The van der Waals surface area contributed by atoms with Crippen molar-refractivity contribution in [2.24, 2.45) is 5.10 Å². The quantitative estimate of drug-likeness (QED) is 0.687. The molecule has 27 heavy (non-hydrogen) atoms. The number of hydrogen-bond donors (Lipinski definition) is 0. The van der Waals surface area contributed by atoms with Gasteiger partial charge in [-0.1, -0.05) is 60.4 Å². The largest absolute Gasteiger partial charge is 0.358 e. The molecule has 4 rings (SSSR count). The van der Waals surface area contributed by atoms with Gasteiger partial charge in [0.15, 0.2) is 0 Å². The third-order valence-corrected chi connectivity index (χ3v) is 7.27. The number of carbonyl (C=O) groups is 1. The maximum absolute atomic E-state index is 13.0. The number of thiocarbonyl (C=S) groups is 1. The fourth-order valence-electron chi connectivity index (χ4n) is 3.45. The molecule has 2 aliphatic rings. The molecule has 3 heterocycles. The van der Waals surface area contributed by atoms with Crippen LogP contribution >= 0.6 is 35.3 Å². The molecule has 0 aliphatic carbocycles. The monoisotopic (exact) mass is 415 g/mol. The molecule has 0 bridgehead atoms. The molecule has 1 amide bonds. The van der Waals surface area contributed by atoms with Crippen molar-refractivity contribution in [1.29, 1.82) is 0 Å². The average molecular weight is 416 g/mol. The van der Waals surface area contributed by atoms with E-state index in [9.17, 15) is 4.79 Å². The lowest BCUT2D eigenvalue weighted by Crippen LogP contribution is -2.30. The predicted octanol–water partition coefficient (Wildman–Crippen LogP) is 4.54. The van der Waals surface area contributed by atoms with E-state index in [1.165, 1.54) is 24.6 Å². The lowest BCUT2D eigenvalue weighted by molar-refractivity contribution is -0.130. The molecule has 0 saturated carbocycles. The van der Waals surface area contributed by atoms with E-state index in [1.54, 1.807) is 16.3 Å². The highest BCUT2D eigenvalue weighted by molar-refractivity contribution is 8.23. The molecule has 140 valence electrons. The number of rotatable bonds is 4. The molecule has 0 radical (unpaired) electrons. The fourth-order valence-corrected chi connectivity index (χ4v) is 5.27. The SMILES string of the molecule is O=C(CSC(=S)N1CCCC1)N1N=C(c2cccs2)C[C@@H]1c1ccccc1. The van der Waals surface area contributed by atoms with E-state index < -0.39 is 0 Å². The molecule has 4 nitrogen and oxygen atoms in total. The van der Waals surface area contributed by atoms with E-state index in [0.29, 0.717) is 5.75 Å². The molecule has 0 spiro atoms. The Morgan fingerprint density at radius 3 is 2.67 bits per heavy atom. The summed E-state index contributed by atoms with van der Waals surface area (Å²) in [4.78, 5) is 16.3. The summed E-state index contributed by atoms with van der Waals surface area (Å²) in [6, 6.07) is 14.2. The van der Waals surface area contributed by atoms with Gasteiger partial charge in [-0.2, -0.15) is 5.10 Å². The molecule has 0 unspecified atom stereocenters. The maximum atomic E-state index is 13.0. The van der Waals surface area contributed by atoms with Crippen LogP contribution in [0.1, 0.15) is 35.7 Å². The number of hydrazone groups is 1. The number of nitrogens with zero attached hydrogens (tertiary/aromatic N) is 3. The summed E-state index contributed by atoms with van der Waals surface area (Å²) in [6.07, 6.45) is 3.12. The first-order valence-corrected chi connectivity index (χ1v) is 11.4. The van der Waals surface area contributed by atoms with Crippen LogP contribution in [0.3, 0.4) is 0 Å². The summed E-state index contributed by atoms with van der Waals surface area (Å²) >= 11 is 8.63. The Morgan fingerprint density at radius 2 is 1.96 bits per heavy atom. The van der Waals surface area contributed by atoms with Crippen LogP contribution in [0.15, 0.2) is 52.9 Å². The van der Waals surface area contributed by atoms with Crippen LogP contribution in [-0.2, 0) is 4.79 Å². The Kier molecular flexibility index (Phi) is 5.90. The van der Waals surface area contributed by atoms with Gasteiger partial charge in [0, 0.05) is 19.5 Å². The smallest absolute Gasteiger partial charge is 0.253 e. The number of hydrogen-bond acceptors (Lipinski definition) is 5. The predicted molar refractivity (Wildman–Crippen MR) is 117 cm³/mol. The molecule has 1 aromatic carbocycles. The molecule has 1 atom stereocenters.